The van der Waals surface area contributed by atoms with E-state index in [9.17, 15) is 22.4 Å². The molecule has 1 heterocycles. The highest BCUT2D eigenvalue weighted by Crippen LogP contribution is 2.20. The van der Waals surface area contributed by atoms with Crippen LogP contribution in [0.15, 0.2) is 45.9 Å². The Balaban J connectivity index is 2.23. The number of carbonyl (C=O) groups is 2. The van der Waals surface area contributed by atoms with Crippen LogP contribution in [-0.4, -0.2) is 43.8 Å². The van der Waals surface area contributed by atoms with E-state index in [1.54, 1.807) is 0 Å². The van der Waals surface area contributed by atoms with E-state index in [2.05, 4.69) is 5.32 Å². The molecule has 8 nitrogen and oxygen atoms in total. The van der Waals surface area contributed by atoms with Crippen molar-refractivity contribution in [3.63, 3.8) is 0 Å². The number of aliphatic carboxylic acids is 1. The number of carbonyl (C=O) groups excluding carboxylic acids is 1. The number of rotatable bonds is 7. The second-order valence-corrected chi connectivity index (χ2v) is 7.66. The number of hydrogen-bond acceptors (Lipinski definition) is 5. The fraction of sp³-hybridized carbons (Fsp3) is 0.250. The number of nitrogens with one attached hydrogen (secondary N) is 1. The van der Waals surface area contributed by atoms with Crippen LogP contribution in [0.5, 0.6) is 0 Å². The molecule has 26 heavy (non-hydrogen) atoms. The maximum Gasteiger partial charge on any atom is 0.305 e. The predicted molar refractivity (Wildman–Crippen MR) is 88.4 cm³/mol. The first-order valence-electron chi connectivity index (χ1n) is 7.41. The van der Waals surface area contributed by atoms with E-state index in [0.717, 1.165) is 22.5 Å². The topological polar surface area (TPSA) is 117 Å². The van der Waals surface area contributed by atoms with Gasteiger partial charge in [0.2, 0.25) is 5.09 Å². The molecule has 10 heteroatoms. The van der Waals surface area contributed by atoms with E-state index in [0.29, 0.717) is 5.56 Å². The van der Waals surface area contributed by atoms with E-state index < -0.39 is 45.3 Å². The van der Waals surface area contributed by atoms with Crippen LogP contribution >= 0.6 is 0 Å². The summed E-state index contributed by atoms with van der Waals surface area (Å²) in [7, 11) is -1.21. The average Bonchev–Trinajstić information content (AvgIpc) is 3.05. The van der Waals surface area contributed by atoms with Gasteiger partial charge in [-0.15, -0.1) is 0 Å². The van der Waals surface area contributed by atoms with Crippen LogP contribution in [0.4, 0.5) is 4.39 Å². The predicted octanol–water partition coefficient (Wildman–Crippen LogP) is 1.61. The number of sulfonamides is 1. The number of halogens is 1. The lowest BCUT2D eigenvalue weighted by atomic mass is 10.0. The van der Waals surface area contributed by atoms with Crippen LogP contribution < -0.4 is 5.32 Å². The van der Waals surface area contributed by atoms with E-state index in [1.165, 1.54) is 32.3 Å². The molecular formula is C16H17FN2O6S. The van der Waals surface area contributed by atoms with Crippen LogP contribution in [0.25, 0.3) is 0 Å². The van der Waals surface area contributed by atoms with Gasteiger partial charge in [-0.3, -0.25) is 9.59 Å². The van der Waals surface area contributed by atoms with Gasteiger partial charge in [-0.1, -0.05) is 12.1 Å². The van der Waals surface area contributed by atoms with E-state index in [-0.39, 0.29) is 5.76 Å². The molecule has 0 bridgehead atoms. The van der Waals surface area contributed by atoms with E-state index >= 15 is 0 Å². The second-order valence-electron chi connectivity index (χ2n) is 5.58. The van der Waals surface area contributed by atoms with Crippen molar-refractivity contribution in [2.24, 2.45) is 0 Å². The Labute approximate surface area is 149 Å². The second kappa shape index (κ2) is 7.67. The molecule has 1 amide bonds. The zero-order chi connectivity index (χ0) is 19.5. The summed E-state index contributed by atoms with van der Waals surface area (Å²) in [6, 6.07) is 6.36. The molecule has 140 valence electrons. The highest BCUT2D eigenvalue weighted by atomic mass is 32.2. The van der Waals surface area contributed by atoms with Gasteiger partial charge in [-0.25, -0.2) is 17.1 Å². The number of hydrogen-bond donors (Lipinski definition) is 2. The quantitative estimate of drug-likeness (QED) is 0.749. The van der Waals surface area contributed by atoms with Gasteiger partial charge < -0.3 is 14.8 Å². The maximum absolute atomic E-state index is 13.0. The van der Waals surface area contributed by atoms with E-state index in [1.807, 2.05) is 0 Å². The highest BCUT2D eigenvalue weighted by Gasteiger charge is 2.25. The van der Waals surface area contributed by atoms with Crippen molar-refractivity contribution in [1.29, 1.82) is 0 Å². The van der Waals surface area contributed by atoms with E-state index in [4.69, 9.17) is 9.52 Å². The van der Waals surface area contributed by atoms with Gasteiger partial charge in [0.1, 0.15) is 5.82 Å². The monoisotopic (exact) mass is 384 g/mol. The Bertz CT molecular complexity index is 905. The molecule has 0 saturated heterocycles. The molecule has 0 aliphatic heterocycles. The third-order valence-electron chi connectivity index (χ3n) is 3.50. The molecule has 0 saturated carbocycles. The zero-order valence-corrected chi connectivity index (χ0v) is 14.8. The Morgan fingerprint density at radius 3 is 2.35 bits per heavy atom. The number of furan rings is 1. The van der Waals surface area contributed by atoms with Crippen LogP contribution in [0, 0.1) is 5.82 Å². The fourth-order valence-electron chi connectivity index (χ4n) is 2.11. The van der Waals surface area contributed by atoms with Gasteiger partial charge in [-0.05, 0) is 29.8 Å². The summed E-state index contributed by atoms with van der Waals surface area (Å²) in [5.74, 6) is -2.75. The lowest BCUT2D eigenvalue weighted by molar-refractivity contribution is -0.137. The summed E-state index contributed by atoms with van der Waals surface area (Å²) in [5, 5.41) is 11.1. The smallest absolute Gasteiger partial charge is 0.305 e. The van der Waals surface area contributed by atoms with Crippen molar-refractivity contribution in [2.45, 2.75) is 17.6 Å². The molecule has 0 fully saturated rings. The highest BCUT2D eigenvalue weighted by molar-refractivity contribution is 7.88. The minimum atomic E-state index is -3.84. The van der Waals surface area contributed by atoms with Crippen molar-refractivity contribution >= 4 is 21.9 Å². The summed E-state index contributed by atoms with van der Waals surface area (Å²) in [4.78, 5) is 23.4. The summed E-state index contributed by atoms with van der Waals surface area (Å²) in [6.07, 6.45) is -0.444. The number of amides is 1. The van der Waals surface area contributed by atoms with Gasteiger partial charge in [0.15, 0.2) is 5.76 Å². The van der Waals surface area contributed by atoms with Crippen LogP contribution in [0.1, 0.15) is 28.6 Å². The Hall–Kier alpha value is -2.72. The van der Waals surface area contributed by atoms with Crippen LogP contribution in [-0.2, 0) is 14.8 Å². The number of nitrogens with zero attached hydrogens (tertiary/aromatic N) is 1. The number of benzene rings is 1. The van der Waals surface area contributed by atoms with Gasteiger partial charge in [0.05, 0.1) is 12.5 Å². The first kappa shape index (κ1) is 19.6. The molecule has 2 N–H and O–H groups in total. The lowest BCUT2D eigenvalue weighted by Crippen LogP contribution is -2.30. The molecule has 2 rings (SSSR count). The van der Waals surface area contributed by atoms with Crippen molar-refractivity contribution < 1.29 is 31.9 Å². The summed E-state index contributed by atoms with van der Waals surface area (Å²) in [6.45, 7) is 0. The largest absolute Gasteiger partial charge is 0.481 e. The molecule has 1 unspecified atom stereocenters. The molecule has 0 aliphatic rings. The van der Waals surface area contributed by atoms with Crippen LogP contribution in [0.2, 0.25) is 0 Å². The van der Waals surface area contributed by atoms with Gasteiger partial charge in [0, 0.05) is 14.1 Å². The lowest BCUT2D eigenvalue weighted by Gasteiger charge is -2.16. The first-order valence-corrected chi connectivity index (χ1v) is 8.85. The molecule has 1 aromatic heterocycles. The van der Waals surface area contributed by atoms with Crippen molar-refractivity contribution in [1.82, 2.24) is 9.62 Å². The first-order chi connectivity index (χ1) is 12.1. The van der Waals surface area contributed by atoms with Gasteiger partial charge in [-0.2, -0.15) is 0 Å². The minimum absolute atomic E-state index is 0.289. The standard InChI is InChI=1S/C16H17FN2O6S/c1-19(2)26(23,24)15-8-7-13(25-15)16(22)18-12(9-14(20)21)10-3-5-11(17)6-4-10/h3-8,12H,9H2,1-2H3,(H,18,22)(H,20,21). The zero-order valence-electron chi connectivity index (χ0n) is 14.0. The molecule has 2 aromatic rings. The fourth-order valence-corrected chi connectivity index (χ4v) is 2.91. The van der Waals surface area contributed by atoms with Crippen molar-refractivity contribution in [3.8, 4) is 0 Å². The third kappa shape index (κ3) is 4.46. The van der Waals surface area contributed by atoms with Gasteiger partial charge >= 0.3 is 5.97 Å². The SMILES string of the molecule is CN(C)S(=O)(=O)c1ccc(C(=O)NC(CC(=O)O)c2ccc(F)cc2)o1. The van der Waals surface area contributed by atoms with Crippen molar-refractivity contribution in [2.75, 3.05) is 14.1 Å². The third-order valence-corrected chi connectivity index (χ3v) is 5.19. The molecule has 0 radical (unpaired) electrons. The Morgan fingerprint density at radius 1 is 1.19 bits per heavy atom. The van der Waals surface area contributed by atoms with Crippen molar-refractivity contribution in [3.05, 3.63) is 53.5 Å². The van der Waals surface area contributed by atoms with Crippen LogP contribution in [0.3, 0.4) is 0 Å². The average molecular weight is 384 g/mol. The summed E-state index contributed by atoms with van der Waals surface area (Å²) >= 11 is 0. The number of carboxylic acid groups (broad SMARTS) is 1. The minimum Gasteiger partial charge on any atom is -0.481 e. The molecule has 1 atom stereocenters. The number of carboxylic acids is 1. The maximum atomic E-state index is 13.0. The van der Waals surface area contributed by atoms with Gasteiger partial charge in [0.25, 0.3) is 15.9 Å². The summed E-state index contributed by atoms with van der Waals surface area (Å²) < 4.78 is 43.0. The summed E-state index contributed by atoms with van der Waals surface area (Å²) in [5.41, 5.74) is 0.384. The Kier molecular flexibility index (Phi) is 5.78. The molecule has 1 aromatic carbocycles. The molecule has 0 spiro atoms. The Morgan fingerprint density at radius 2 is 1.81 bits per heavy atom. The normalized spacial score (nSPS) is 12.8. The molecular weight excluding hydrogens is 367 g/mol. The molecule has 0 aliphatic carbocycles.